The van der Waals surface area contributed by atoms with E-state index in [1.807, 2.05) is 11.8 Å². The second-order valence-electron chi connectivity index (χ2n) is 2.80. The van der Waals surface area contributed by atoms with Crippen LogP contribution < -0.4 is 5.32 Å². The molecular weight excluding hydrogens is 269 g/mol. The topological polar surface area (TPSA) is 12.0 Å². The Morgan fingerprint density at radius 2 is 2.55 bits per heavy atom. The Hall–Kier alpha value is 0.520. The SMILES string of the molecule is IC1=CC2SCNCC2C=C1. The van der Waals surface area contributed by atoms with E-state index in [1.54, 1.807) is 0 Å². The van der Waals surface area contributed by atoms with Crippen molar-refractivity contribution in [1.82, 2.24) is 5.32 Å². The summed E-state index contributed by atoms with van der Waals surface area (Å²) in [6.07, 6.45) is 6.91. The Kier molecular flexibility index (Phi) is 2.58. The lowest BCUT2D eigenvalue weighted by Gasteiger charge is -2.29. The molecule has 0 radical (unpaired) electrons. The van der Waals surface area contributed by atoms with Crippen LogP contribution in [-0.4, -0.2) is 17.7 Å². The molecule has 0 aromatic heterocycles. The van der Waals surface area contributed by atoms with Crippen molar-refractivity contribution in [1.29, 1.82) is 0 Å². The van der Waals surface area contributed by atoms with E-state index in [-0.39, 0.29) is 0 Å². The van der Waals surface area contributed by atoms with Gasteiger partial charge in [0, 0.05) is 27.2 Å². The van der Waals surface area contributed by atoms with Crippen LogP contribution in [0.2, 0.25) is 0 Å². The van der Waals surface area contributed by atoms with Crippen LogP contribution in [0.1, 0.15) is 0 Å². The third-order valence-corrected chi connectivity index (χ3v) is 3.97. The van der Waals surface area contributed by atoms with E-state index in [0.29, 0.717) is 0 Å². The second kappa shape index (κ2) is 3.49. The zero-order chi connectivity index (χ0) is 7.68. The van der Waals surface area contributed by atoms with Crippen molar-refractivity contribution >= 4 is 34.4 Å². The maximum Gasteiger partial charge on any atom is 0.0424 e. The van der Waals surface area contributed by atoms with Crippen LogP contribution in [-0.2, 0) is 0 Å². The van der Waals surface area contributed by atoms with Gasteiger partial charge in [0.1, 0.15) is 0 Å². The van der Waals surface area contributed by atoms with Gasteiger partial charge >= 0.3 is 0 Å². The van der Waals surface area contributed by atoms with Crippen LogP contribution >= 0.6 is 34.4 Å². The minimum Gasteiger partial charge on any atom is -0.307 e. The summed E-state index contributed by atoms with van der Waals surface area (Å²) >= 11 is 4.39. The minimum absolute atomic E-state index is 0.729. The number of thioether (sulfide) groups is 1. The average molecular weight is 279 g/mol. The molecule has 0 spiro atoms. The molecule has 1 nitrogen and oxygen atoms in total. The Morgan fingerprint density at radius 3 is 3.45 bits per heavy atom. The molecule has 0 saturated carbocycles. The van der Waals surface area contributed by atoms with Gasteiger partial charge in [-0.15, -0.1) is 11.8 Å². The number of nitrogens with one attached hydrogen (secondary N) is 1. The first kappa shape index (κ1) is 8.13. The molecule has 1 N–H and O–H groups in total. The van der Waals surface area contributed by atoms with E-state index in [9.17, 15) is 0 Å². The van der Waals surface area contributed by atoms with Crippen LogP contribution in [0.5, 0.6) is 0 Å². The molecule has 0 bridgehead atoms. The molecule has 0 aromatic carbocycles. The lowest BCUT2D eigenvalue weighted by atomic mass is 10.0. The first-order valence-electron chi connectivity index (χ1n) is 3.74. The summed E-state index contributed by atoms with van der Waals surface area (Å²) in [5.74, 6) is 1.84. The molecule has 0 amide bonds. The molecule has 1 saturated heterocycles. The Bertz CT molecular complexity index is 212. The van der Waals surface area contributed by atoms with Crippen molar-refractivity contribution in [2.75, 3.05) is 12.4 Å². The molecule has 2 aliphatic rings. The van der Waals surface area contributed by atoms with E-state index < -0.39 is 0 Å². The maximum atomic E-state index is 3.38. The number of hydrogen-bond acceptors (Lipinski definition) is 2. The van der Waals surface area contributed by atoms with Crippen LogP contribution in [0, 0.1) is 5.92 Å². The molecule has 3 heteroatoms. The van der Waals surface area contributed by atoms with Gasteiger partial charge in [-0.2, -0.15) is 0 Å². The molecule has 0 aromatic rings. The van der Waals surface area contributed by atoms with Crippen molar-refractivity contribution in [3.05, 3.63) is 21.8 Å². The van der Waals surface area contributed by atoms with Gasteiger partial charge in [0.25, 0.3) is 0 Å². The predicted octanol–water partition coefficient (Wildman–Crippen LogP) is 2.15. The fraction of sp³-hybridized carbons (Fsp3) is 0.500. The first-order valence-corrected chi connectivity index (χ1v) is 5.87. The van der Waals surface area contributed by atoms with E-state index in [4.69, 9.17) is 0 Å². The molecular formula is C8H10INS. The lowest BCUT2D eigenvalue weighted by molar-refractivity contribution is 0.583. The van der Waals surface area contributed by atoms with Crippen LogP contribution in [0.25, 0.3) is 0 Å². The Balaban J connectivity index is 2.13. The maximum absolute atomic E-state index is 3.38. The van der Waals surface area contributed by atoms with Crippen molar-refractivity contribution in [2.24, 2.45) is 5.92 Å². The summed E-state index contributed by atoms with van der Waals surface area (Å²) in [4.78, 5) is 0. The van der Waals surface area contributed by atoms with Gasteiger partial charge in [-0.1, -0.05) is 18.2 Å². The van der Waals surface area contributed by atoms with E-state index >= 15 is 0 Å². The number of allylic oxidation sites excluding steroid dienone is 2. The Morgan fingerprint density at radius 1 is 1.64 bits per heavy atom. The number of hydrogen-bond donors (Lipinski definition) is 1. The van der Waals surface area contributed by atoms with Crippen molar-refractivity contribution < 1.29 is 0 Å². The molecule has 1 fully saturated rings. The molecule has 60 valence electrons. The third-order valence-electron chi connectivity index (χ3n) is 2.01. The van der Waals surface area contributed by atoms with Crippen molar-refractivity contribution in [2.45, 2.75) is 5.25 Å². The monoisotopic (exact) mass is 279 g/mol. The summed E-state index contributed by atoms with van der Waals surface area (Å²) in [7, 11) is 0. The summed E-state index contributed by atoms with van der Waals surface area (Å²) in [5, 5.41) is 4.11. The van der Waals surface area contributed by atoms with Gasteiger partial charge in [0.05, 0.1) is 0 Å². The predicted molar refractivity (Wildman–Crippen MR) is 59.0 cm³/mol. The van der Waals surface area contributed by atoms with Gasteiger partial charge in [0.15, 0.2) is 0 Å². The van der Waals surface area contributed by atoms with Gasteiger partial charge in [-0.3, -0.25) is 0 Å². The van der Waals surface area contributed by atoms with Gasteiger partial charge in [-0.25, -0.2) is 0 Å². The van der Waals surface area contributed by atoms with Gasteiger partial charge in [-0.05, 0) is 22.6 Å². The van der Waals surface area contributed by atoms with E-state index in [2.05, 4.69) is 46.1 Å². The van der Waals surface area contributed by atoms with Gasteiger partial charge < -0.3 is 5.32 Å². The van der Waals surface area contributed by atoms with Crippen LogP contribution in [0.15, 0.2) is 21.8 Å². The fourth-order valence-electron chi connectivity index (χ4n) is 1.40. The van der Waals surface area contributed by atoms with Gasteiger partial charge in [0.2, 0.25) is 0 Å². The minimum atomic E-state index is 0.729. The summed E-state index contributed by atoms with van der Waals surface area (Å²) < 4.78 is 1.39. The fourth-order valence-corrected chi connectivity index (χ4v) is 3.34. The van der Waals surface area contributed by atoms with Crippen molar-refractivity contribution in [3.8, 4) is 0 Å². The summed E-state index contributed by atoms with van der Waals surface area (Å²) in [5.41, 5.74) is 0. The average Bonchev–Trinajstić information content (AvgIpc) is 2.04. The summed E-state index contributed by atoms with van der Waals surface area (Å²) in [6, 6.07) is 0. The standard InChI is InChI=1S/C8H10INS/c9-7-2-1-6-4-10-5-11-8(6)3-7/h1-3,6,8,10H,4-5H2. The van der Waals surface area contributed by atoms with Crippen molar-refractivity contribution in [3.63, 3.8) is 0 Å². The third kappa shape index (κ3) is 1.81. The largest absolute Gasteiger partial charge is 0.307 e. The second-order valence-corrected chi connectivity index (χ2v) is 5.22. The number of fused-ring (bicyclic) bond motifs is 1. The molecule has 2 unspecified atom stereocenters. The normalized spacial score (nSPS) is 36.3. The highest BCUT2D eigenvalue weighted by atomic mass is 127. The number of halogens is 1. The summed E-state index contributed by atoms with van der Waals surface area (Å²) in [6.45, 7) is 1.15. The van der Waals surface area contributed by atoms with Crippen LogP contribution in [0.4, 0.5) is 0 Å². The quantitative estimate of drug-likeness (QED) is 0.682. The molecule has 1 heterocycles. The highest BCUT2D eigenvalue weighted by Gasteiger charge is 2.23. The van der Waals surface area contributed by atoms with Crippen LogP contribution in [0.3, 0.4) is 0 Å². The first-order chi connectivity index (χ1) is 5.36. The highest BCUT2D eigenvalue weighted by Crippen LogP contribution is 2.31. The molecule has 11 heavy (non-hydrogen) atoms. The molecule has 2 atom stereocenters. The van der Waals surface area contributed by atoms with E-state index in [1.165, 1.54) is 3.58 Å². The number of rotatable bonds is 0. The molecule has 1 aliphatic heterocycles. The molecule has 2 rings (SSSR count). The zero-order valence-corrected chi connectivity index (χ0v) is 9.06. The Labute approximate surface area is 84.8 Å². The lowest BCUT2D eigenvalue weighted by Crippen LogP contribution is -2.35. The molecule has 1 aliphatic carbocycles. The zero-order valence-electron chi connectivity index (χ0n) is 6.09. The highest BCUT2D eigenvalue weighted by molar-refractivity contribution is 14.1. The smallest absolute Gasteiger partial charge is 0.0424 e. The van der Waals surface area contributed by atoms with E-state index in [0.717, 1.165) is 23.6 Å².